The van der Waals surface area contributed by atoms with Crippen LogP contribution in [0.1, 0.15) is 17.5 Å². The molecule has 1 saturated heterocycles. The average Bonchev–Trinajstić information content (AvgIpc) is 3.28. The van der Waals surface area contributed by atoms with Crippen molar-refractivity contribution in [2.24, 2.45) is 5.92 Å². The molecule has 5 nitrogen and oxygen atoms in total. The second kappa shape index (κ2) is 7.46. The molecule has 4 rings (SSSR count). The number of para-hydroxylation sites is 1. The number of anilines is 1. The van der Waals surface area contributed by atoms with E-state index in [1.807, 2.05) is 24.4 Å². The van der Waals surface area contributed by atoms with E-state index in [0.717, 1.165) is 16.5 Å². The van der Waals surface area contributed by atoms with E-state index < -0.39 is 5.92 Å². The summed E-state index contributed by atoms with van der Waals surface area (Å²) in [4.78, 5) is 29.5. The number of hydrogen-bond acceptors (Lipinski definition) is 2. The zero-order chi connectivity index (χ0) is 19.7. The molecule has 28 heavy (non-hydrogen) atoms. The number of aromatic nitrogens is 1. The number of amides is 2. The zero-order valence-corrected chi connectivity index (χ0v) is 15.7. The highest BCUT2D eigenvalue weighted by molar-refractivity contribution is 6.00. The zero-order valence-electron chi connectivity index (χ0n) is 15.7. The lowest BCUT2D eigenvalue weighted by Gasteiger charge is -2.17. The highest BCUT2D eigenvalue weighted by Gasteiger charge is 2.35. The SMILES string of the molecule is Cc1ccc(N2C[C@H](C(=O)NCCc3c[nH]c4ccccc34)CC2=O)cc1F. The summed E-state index contributed by atoms with van der Waals surface area (Å²) in [6.07, 6.45) is 2.82. The second-order valence-electron chi connectivity index (χ2n) is 7.24. The third kappa shape index (κ3) is 3.50. The van der Waals surface area contributed by atoms with Crippen LogP contribution in [0, 0.1) is 18.7 Å². The number of halogens is 1. The molecule has 0 radical (unpaired) electrons. The van der Waals surface area contributed by atoms with Crippen molar-refractivity contribution in [3.8, 4) is 0 Å². The molecule has 0 unspecified atom stereocenters. The Morgan fingerprint density at radius 2 is 2.11 bits per heavy atom. The van der Waals surface area contributed by atoms with Gasteiger partial charge in [0.25, 0.3) is 0 Å². The van der Waals surface area contributed by atoms with Gasteiger partial charge in [0.1, 0.15) is 5.82 Å². The Kier molecular flexibility index (Phi) is 4.86. The maximum absolute atomic E-state index is 13.8. The average molecular weight is 379 g/mol. The van der Waals surface area contributed by atoms with Crippen molar-refractivity contribution in [1.29, 1.82) is 0 Å². The summed E-state index contributed by atoms with van der Waals surface area (Å²) in [6.45, 7) is 2.46. The fraction of sp³-hybridized carbons (Fsp3) is 0.273. The Labute approximate surface area is 162 Å². The highest BCUT2D eigenvalue weighted by atomic mass is 19.1. The number of nitrogens with zero attached hydrogens (tertiary/aromatic N) is 1. The van der Waals surface area contributed by atoms with Gasteiger partial charge in [0.05, 0.1) is 5.92 Å². The van der Waals surface area contributed by atoms with Crippen LogP contribution in [0.15, 0.2) is 48.7 Å². The maximum Gasteiger partial charge on any atom is 0.227 e. The van der Waals surface area contributed by atoms with Gasteiger partial charge in [-0.15, -0.1) is 0 Å². The van der Waals surface area contributed by atoms with Gasteiger partial charge in [0, 0.05) is 42.3 Å². The summed E-state index contributed by atoms with van der Waals surface area (Å²) in [7, 11) is 0. The van der Waals surface area contributed by atoms with Crippen LogP contribution in [0.25, 0.3) is 10.9 Å². The Morgan fingerprint density at radius 3 is 2.93 bits per heavy atom. The van der Waals surface area contributed by atoms with Crippen molar-refractivity contribution in [2.45, 2.75) is 19.8 Å². The largest absolute Gasteiger partial charge is 0.361 e. The van der Waals surface area contributed by atoms with Crippen LogP contribution >= 0.6 is 0 Å². The fourth-order valence-electron chi connectivity index (χ4n) is 3.69. The van der Waals surface area contributed by atoms with Gasteiger partial charge in [0.2, 0.25) is 11.8 Å². The first-order valence-electron chi connectivity index (χ1n) is 9.42. The molecule has 1 aromatic heterocycles. The van der Waals surface area contributed by atoms with E-state index in [0.29, 0.717) is 24.2 Å². The number of benzene rings is 2. The van der Waals surface area contributed by atoms with Crippen LogP contribution in [0.4, 0.5) is 10.1 Å². The van der Waals surface area contributed by atoms with E-state index in [9.17, 15) is 14.0 Å². The minimum atomic E-state index is -0.417. The van der Waals surface area contributed by atoms with Gasteiger partial charge in [-0.2, -0.15) is 0 Å². The first kappa shape index (κ1) is 18.2. The van der Waals surface area contributed by atoms with Crippen LogP contribution in [0.5, 0.6) is 0 Å². The first-order chi connectivity index (χ1) is 13.5. The molecule has 1 fully saturated rings. The highest BCUT2D eigenvalue weighted by Crippen LogP contribution is 2.26. The molecule has 0 saturated carbocycles. The molecule has 0 spiro atoms. The number of rotatable bonds is 5. The van der Waals surface area contributed by atoms with Crippen LogP contribution in [-0.4, -0.2) is 29.9 Å². The lowest BCUT2D eigenvalue weighted by Crippen LogP contribution is -2.34. The van der Waals surface area contributed by atoms with Gasteiger partial charge >= 0.3 is 0 Å². The molecular weight excluding hydrogens is 357 g/mol. The van der Waals surface area contributed by atoms with E-state index >= 15 is 0 Å². The smallest absolute Gasteiger partial charge is 0.227 e. The number of hydrogen-bond donors (Lipinski definition) is 2. The third-order valence-electron chi connectivity index (χ3n) is 5.33. The predicted molar refractivity (Wildman–Crippen MR) is 107 cm³/mol. The lowest BCUT2D eigenvalue weighted by molar-refractivity contribution is -0.126. The van der Waals surface area contributed by atoms with Crippen LogP contribution in [0.2, 0.25) is 0 Å². The van der Waals surface area contributed by atoms with E-state index in [1.54, 1.807) is 19.1 Å². The molecule has 2 heterocycles. The fourth-order valence-corrected chi connectivity index (χ4v) is 3.69. The van der Waals surface area contributed by atoms with Crippen LogP contribution in [-0.2, 0) is 16.0 Å². The first-order valence-corrected chi connectivity index (χ1v) is 9.42. The minimum absolute atomic E-state index is 0.136. The van der Waals surface area contributed by atoms with Crippen molar-refractivity contribution in [2.75, 3.05) is 18.0 Å². The van der Waals surface area contributed by atoms with Crippen molar-refractivity contribution >= 4 is 28.4 Å². The molecular formula is C22H22FN3O2. The second-order valence-corrected chi connectivity index (χ2v) is 7.24. The van der Waals surface area contributed by atoms with Gasteiger partial charge in [-0.05, 0) is 42.7 Å². The van der Waals surface area contributed by atoms with Crippen molar-refractivity contribution in [1.82, 2.24) is 10.3 Å². The third-order valence-corrected chi connectivity index (χ3v) is 5.33. The normalized spacial score (nSPS) is 16.7. The lowest BCUT2D eigenvalue weighted by atomic mass is 10.1. The monoisotopic (exact) mass is 379 g/mol. The molecule has 0 aliphatic carbocycles. The summed E-state index contributed by atoms with van der Waals surface area (Å²) in [5.74, 6) is -1.06. The summed E-state index contributed by atoms with van der Waals surface area (Å²) in [5, 5.41) is 4.09. The minimum Gasteiger partial charge on any atom is -0.361 e. The number of fused-ring (bicyclic) bond motifs is 1. The van der Waals surface area contributed by atoms with Gasteiger partial charge < -0.3 is 15.2 Å². The van der Waals surface area contributed by atoms with Gasteiger partial charge in [-0.3, -0.25) is 9.59 Å². The summed E-state index contributed by atoms with van der Waals surface area (Å²) >= 11 is 0. The molecule has 2 aromatic carbocycles. The Bertz CT molecular complexity index is 1040. The number of nitrogens with one attached hydrogen (secondary N) is 2. The van der Waals surface area contributed by atoms with E-state index in [-0.39, 0.29) is 30.6 Å². The van der Waals surface area contributed by atoms with E-state index in [2.05, 4.69) is 16.4 Å². The van der Waals surface area contributed by atoms with Gasteiger partial charge in [-0.1, -0.05) is 24.3 Å². The van der Waals surface area contributed by atoms with E-state index in [4.69, 9.17) is 0 Å². The number of carbonyl (C=O) groups excluding carboxylic acids is 2. The number of H-pyrrole nitrogens is 1. The van der Waals surface area contributed by atoms with Crippen LogP contribution < -0.4 is 10.2 Å². The Morgan fingerprint density at radius 1 is 1.29 bits per heavy atom. The summed E-state index contributed by atoms with van der Waals surface area (Å²) < 4.78 is 13.8. The van der Waals surface area contributed by atoms with Gasteiger partial charge in [0.15, 0.2) is 0 Å². The van der Waals surface area contributed by atoms with Crippen molar-refractivity contribution in [3.05, 3.63) is 65.6 Å². The van der Waals surface area contributed by atoms with Crippen LogP contribution in [0.3, 0.4) is 0 Å². The maximum atomic E-state index is 13.8. The molecule has 0 bridgehead atoms. The molecule has 2 amide bonds. The Balaban J connectivity index is 1.35. The molecule has 6 heteroatoms. The molecule has 1 aliphatic heterocycles. The predicted octanol–water partition coefficient (Wildman–Crippen LogP) is 3.33. The summed E-state index contributed by atoms with van der Waals surface area (Å²) in [5.41, 5.74) is 3.26. The van der Waals surface area contributed by atoms with Crippen molar-refractivity contribution in [3.63, 3.8) is 0 Å². The topological polar surface area (TPSA) is 65.2 Å². The molecule has 2 N–H and O–H groups in total. The standard InChI is InChI=1S/C22H22FN3O2/c1-14-6-7-17(11-19(14)23)26-13-16(10-21(26)27)22(28)24-9-8-15-12-25-20-5-3-2-4-18(15)20/h2-7,11-12,16,25H,8-10,13H2,1H3,(H,24,28)/t16-/m1/s1. The summed E-state index contributed by atoms with van der Waals surface area (Å²) in [6, 6.07) is 12.8. The number of aryl methyl sites for hydroxylation is 1. The van der Waals surface area contributed by atoms with Gasteiger partial charge in [-0.25, -0.2) is 4.39 Å². The molecule has 1 atom stereocenters. The van der Waals surface area contributed by atoms with Crippen molar-refractivity contribution < 1.29 is 14.0 Å². The molecule has 144 valence electrons. The molecule has 3 aromatic rings. The quantitative estimate of drug-likeness (QED) is 0.714. The molecule has 1 aliphatic rings. The number of aromatic amines is 1. The Hall–Kier alpha value is -3.15. The number of carbonyl (C=O) groups is 2. The van der Waals surface area contributed by atoms with E-state index in [1.165, 1.54) is 11.0 Å².